The molecular formula is C11H15N. The van der Waals surface area contributed by atoms with Gasteiger partial charge in [-0.05, 0) is 24.5 Å². The van der Waals surface area contributed by atoms with Crippen LogP contribution in [0, 0.1) is 0 Å². The van der Waals surface area contributed by atoms with Crippen LogP contribution in [0.25, 0.3) is 0 Å². The minimum atomic E-state index is 0.859. The predicted molar refractivity (Wildman–Crippen MR) is 54.0 cm³/mol. The predicted octanol–water partition coefficient (Wildman–Crippen LogP) is 2.69. The lowest BCUT2D eigenvalue weighted by Crippen LogP contribution is -1.90. The van der Waals surface area contributed by atoms with Crippen LogP contribution in [0.4, 0.5) is 0 Å². The Labute approximate surface area is 74.2 Å². The number of aliphatic imine (C=N–C) groups is 1. The number of hydrogen-bond donors (Lipinski definition) is 0. The molecule has 0 aliphatic carbocycles. The summed E-state index contributed by atoms with van der Waals surface area (Å²) in [6.45, 7) is 5.07. The molecule has 0 atom stereocenters. The number of nitrogens with zero attached hydrogens (tertiary/aromatic N) is 1. The Hall–Kier alpha value is -1.11. The second-order valence-corrected chi connectivity index (χ2v) is 2.68. The SMILES string of the molecule is CCN=Cc1ccccc1CC. The second-order valence-electron chi connectivity index (χ2n) is 2.68. The fraction of sp³-hybridized carbons (Fsp3) is 0.364. The van der Waals surface area contributed by atoms with Crippen molar-refractivity contribution in [3.63, 3.8) is 0 Å². The van der Waals surface area contributed by atoms with Gasteiger partial charge < -0.3 is 0 Å². The zero-order valence-electron chi connectivity index (χ0n) is 7.75. The first-order valence-corrected chi connectivity index (χ1v) is 4.46. The molecule has 0 radical (unpaired) electrons. The maximum absolute atomic E-state index is 4.23. The highest BCUT2D eigenvalue weighted by molar-refractivity contribution is 5.81. The highest BCUT2D eigenvalue weighted by atomic mass is 14.7. The maximum Gasteiger partial charge on any atom is 0.0361 e. The molecule has 0 bridgehead atoms. The number of rotatable bonds is 3. The van der Waals surface area contributed by atoms with Gasteiger partial charge in [0, 0.05) is 12.8 Å². The maximum atomic E-state index is 4.23. The molecule has 0 N–H and O–H groups in total. The Bertz CT molecular complexity index is 263. The van der Waals surface area contributed by atoms with Crippen LogP contribution in [-0.4, -0.2) is 12.8 Å². The molecular weight excluding hydrogens is 146 g/mol. The van der Waals surface area contributed by atoms with E-state index in [0.29, 0.717) is 0 Å². The Morgan fingerprint density at radius 3 is 2.67 bits per heavy atom. The Morgan fingerprint density at radius 1 is 1.25 bits per heavy atom. The largest absolute Gasteiger partial charge is 0.293 e. The summed E-state index contributed by atoms with van der Waals surface area (Å²) in [5.74, 6) is 0. The monoisotopic (exact) mass is 161 g/mol. The number of benzene rings is 1. The lowest BCUT2D eigenvalue weighted by molar-refractivity contribution is 1.12. The molecule has 0 amide bonds. The van der Waals surface area contributed by atoms with E-state index in [0.717, 1.165) is 13.0 Å². The van der Waals surface area contributed by atoms with Crippen LogP contribution in [0.5, 0.6) is 0 Å². The van der Waals surface area contributed by atoms with Gasteiger partial charge >= 0.3 is 0 Å². The summed E-state index contributed by atoms with van der Waals surface area (Å²) in [6.07, 6.45) is 3.03. The zero-order chi connectivity index (χ0) is 8.81. The number of hydrogen-bond acceptors (Lipinski definition) is 1. The van der Waals surface area contributed by atoms with Crippen LogP contribution in [0.3, 0.4) is 0 Å². The third kappa shape index (κ3) is 2.19. The molecule has 1 nitrogen and oxygen atoms in total. The first kappa shape index (κ1) is 8.98. The van der Waals surface area contributed by atoms with E-state index in [-0.39, 0.29) is 0 Å². The zero-order valence-corrected chi connectivity index (χ0v) is 7.75. The van der Waals surface area contributed by atoms with Gasteiger partial charge in [0.25, 0.3) is 0 Å². The van der Waals surface area contributed by atoms with Crippen LogP contribution in [0.1, 0.15) is 25.0 Å². The van der Waals surface area contributed by atoms with E-state index in [9.17, 15) is 0 Å². The van der Waals surface area contributed by atoms with E-state index in [1.807, 2.05) is 13.1 Å². The van der Waals surface area contributed by atoms with Crippen molar-refractivity contribution >= 4 is 6.21 Å². The Morgan fingerprint density at radius 2 is 2.00 bits per heavy atom. The summed E-state index contributed by atoms with van der Waals surface area (Å²) >= 11 is 0. The second kappa shape index (κ2) is 4.70. The molecule has 0 aliphatic heterocycles. The van der Waals surface area contributed by atoms with Crippen LogP contribution < -0.4 is 0 Å². The Balaban J connectivity index is 2.89. The first-order valence-electron chi connectivity index (χ1n) is 4.46. The van der Waals surface area contributed by atoms with Crippen molar-refractivity contribution in [1.82, 2.24) is 0 Å². The quantitative estimate of drug-likeness (QED) is 0.604. The van der Waals surface area contributed by atoms with Crippen molar-refractivity contribution in [1.29, 1.82) is 0 Å². The van der Waals surface area contributed by atoms with Crippen molar-refractivity contribution in [3.8, 4) is 0 Å². The fourth-order valence-corrected chi connectivity index (χ4v) is 1.17. The van der Waals surface area contributed by atoms with E-state index in [1.54, 1.807) is 0 Å². The summed E-state index contributed by atoms with van der Waals surface area (Å²) in [5.41, 5.74) is 2.62. The van der Waals surface area contributed by atoms with Gasteiger partial charge in [-0.3, -0.25) is 4.99 Å². The average Bonchev–Trinajstić information content (AvgIpc) is 2.15. The van der Waals surface area contributed by atoms with Crippen molar-refractivity contribution in [2.75, 3.05) is 6.54 Å². The van der Waals surface area contributed by atoms with Gasteiger partial charge in [0.15, 0.2) is 0 Å². The van der Waals surface area contributed by atoms with Gasteiger partial charge in [-0.25, -0.2) is 0 Å². The molecule has 1 heteroatoms. The van der Waals surface area contributed by atoms with Gasteiger partial charge in [0.1, 0.15) is 0 Å². The molecule has 1 aromatic carbocycles. The molecule has 1 rings (SSSR count). The molecule has 0 aliphatic rings. The summed E-state index contributed by atoms with van der Waals surface area (Å²) in [5, 5.41) is 0. The van der Waals surface area contributed by atoms with Gasteiger partial charge in [-0.1, -0.05) is 31.2 Å². The molecule has 12 heavy (non-hydrogen) atoms. The minimum Gasteiger partial charge on any atom is -0.293 e. The van der Waals surface area contributed by atoms with Crippen LogP contribution in [0.15, 0.2) is 29.3 Å². The first-order chi connectivity index (χ1) is 5.88. The molecule has 64 valence electrons. The summed E-state index contributed by atoms with van der Waals surface area (Å²) < 4.78 is 0. The van der Waals surface area contributed by atoms with Gasteiger partial charge in [-0.15, -0.1) is 0 Å². The van der Waals surface area contributed by atoms with Crippen molar-refractivity contribution < 1.29 is 0 Å². The normalized spacial score (nSPS) is 10.8. The molecule has 0 spiro atoms. The average molecular weight is 161 g/mol. The van der Waals surface area contributed by atoms with Crippen LogP contribution in [-0.2, 0) is 6.42 Å². The van der Waals surface area contributed by atoms with E-state index in [2.05, 4.69) is 36.2 Å². The highest BCUT2D eigenvalue weighted by Crippen LogP contribution is 2.06. The van der Waals surface area contributed by atoms with Crippen LogP contribution in [0.2, 0.25) is 0 Å². The van der Waals surface area contributed by atoms with Gasteiger partial charge in [0.05, 0.1) is 0 Å². The van der Waals surface area contributed by atoms with E-state index < -0.39 is 0 Å². The van der Waals surface area contributed by atoms with Crippen molar-refractivity contribution in [3.05, 3.63) is 35.4 Å². The van der Waals surface area contributed by atoms with Gasteiger partial charge in [0.2, 0.25) is 0 Å². The highest BCUT2D eigenvalue weighted by Gasteiger charge is 1.93. The smallest absolute Gasteiger partial charge is 0.0361 e. The van der Waals surface area contributed by atoms with E-state index in [4.69, 9.17) is 0 Å². The summed E-state index contributed by atoms with van der Waals surface area (Å²) in [4.78, 5) is 4.23. The molecule has 0 unspecified atom stereocenters. The summed E-state index contributed by atoms with van der Waals surface area (Å²) in [6, 6.07) is 8.38. The molecule has 0 fully saturated rings. The Kier molecular flexibility index (Phi) is 3.52. The number of aryl methyl sites for hydroxylation is 1. The molecule has 0 heterocycles. The lowest BCUT2D eigenvalue weighted by atomic mass is 10.1. The molecule has 0 saturated carbocycles. The molecule has 0 saturated heterocycles. The van der Waals surface area contributed by atoms with E-state index in [1.165, 1.54) is 11.1 Å². The fourth-order valence-electron chi connectivity index (χ4n) is 1.17. The third-order valence-electron chi connectivity index (χ3n) is 1.85. The van der Waals surface area contributed by atoms with Crippen molar-refractivity contribution in [2.45, 2.75) is 20.3 Å². The topological polar surface area (TPSA) is 12.4 Å². The standard InChI is InChI=1S/C11H15N/c1-3-10-7-5-6-8-11(10)9-12-4-2/h5-9H,3-4H2,1-2H3. The van der Waals surface area contributed by atoms with Crippen molar-refractivity contribution in [2.24, 2.45) is 4.99 Å². The van der Waals surface area contributed by atoms with Gasteiger partial charge in [-0.2, -0.15) is 0 Å². The third-order valence-corrected chi connectivity index (χ3v) is 1.85. The molecule has 1 aromatic rings. The molecule has 0 aromatic heterocycles. The minimum absolute atomic E-state index is 0.859. The van der Waals surface area contributed by atoms with Crippen LogP contribution >= 0.6 is 0 Å². The summed E-state index contributed by atoms with van der Waals surface area (Å²) in [7, 11) is 0. The van der Waals surface area contributed by atoms with E-state index >= 15 is 0 Å². The lowest BCUT2D eigenvalue weighted by Gasteiger charge is -2.00.